The minimum absolute atomic E-state index is 0.0135. The highest BCUT2D eigenvalue weighted by atomic mass is 19.1. The number of aliphatic carboxylic acids is 1. The number of carboxylic acid groups (broad SMARTS) is 1. The Morgan fingerprint density at radius 3 is 2.65 bits per heavy atom. The summed E-state index contributed by atoms with van der Waals surface area (Å²) in [6.45, 7) is 1.93. The highest BCUT2D eigenvalue weighted by Crippen LogP contribution is 2.15. The average Bonchev–Trinajstić information content (AvgIpc) is 2.40. The molecule has 1 aromatic carbocycles. The van der Waals surface area contributed by atoms with Crippen molar-refractivity contribution in [3.63, 3.8) is 0 Å². The van der Waals surface area contributed by atoms with E-state index in [-0.39, 0.29) is 31.2 Å². The van der Waals surface area contributed by atoms with Gasteiger partial charge in [0.2, 0.25) is 5.91 Å². The molecule has 0 aliphatic carbocycles. The molecule has 0 aliphatic rings. The van der Waals surface area contributed by atoms with Gasteiger partial charge in [-0.05, 0) is 18.6 Å². The molecule has 0 saturated heterocycles. The predicted octanol–water partition coefficient (Wildman–Crippen LogP) is 1.92. The molecule has 0 aliphatic heterocycles. The highest BCUT2D eigenvalue weighted by Gasteiger charge is 2.15. The van der Waals surface area contributed by atoms with E-state index in [1.807, 2.05) is 6.92 Å². The lowest BCUT2D eigenvalue weighted by molar-refractivity contribution is -0.144. The van der Waals surface area contributed by atoms with E-state index in [0.29, 0.717) is 13.0 Å². The summed E-state index contributed by atoms with van der Waals surface area (Å²) in [6, 6.07) is 5.92. The molecule has 0 spiro atoms. The second kappa shape index (κ2) is 8.14. The van der Waals surface area contributed by atoms with Crippen LogP contribution in [0, 0.1) is 5.82 Å². The van der Waals surface area contributed by atoms with Crippen LogP contribution in [0.4, 0.5) is 4.39 Å². The molecular weight excluding hydrogens is 265 g/mol. The first-order valence-corrected chi connectivity index (χ1v) is 6.41. The number of nitrogens with zero attached hydrogens (tertiary/aromatic N) is 1. The molecular formula is C14H18FNO4. The van der Waals surface area contributed by atoms with Crippen LogP contribution in [0.15, 0.2) is 24.3 Å². The van der Waals surface area contributed by atoms with Gasteiger partial charge in [0, 0.05) is 6.54 Å². The van der Waals surface area contributed by atoms with Crippen molar-refractivity contribution in [2.45, 2.75) is 19.8 Å². The first kappa shape index (κ1) is 15.9. The predicted molar refractivity (Wildman–Crippen MR) is 71.0 cm³/mol. The lowest BCUT2D eigenvalue weighted by Crippen LogP contribution is -2.36. The van der Waals surface area contributed by atoms with Crippen molar-refractivity contribution in [3.05, 3.63) is 30.1 Å². The first-order valence-electron chi connectivity index (χ1n) is 6.41. The maximum Gasteiger partial charge on any atom is 0.323 e. The quantitative estimate of drug-likeness (QED) is 0.791. The normalized spacial score (nSPS) is 10.1. The second-order valence-corrected chi connectivity index (χ2v) is 4.24. The number of hydrogen-bond donors (Lipinski definition) is 1. The summed E-state index contributed by atoms with van der Waals surface area (Å²) in [5, 5.41) is 8.72. The molecule has 0 saturated carbocycles. The maximum absolute atomic E-state index is 13.3. The minimum atomic E-state index is -1.05. The van der Waals surface area contributed by atoms with Crippen molar-refractivity contribution in [3.8, 4) is 5.75 Å². The van der Waals surface area contributed by atoms with Gasteiger partial charge < -0.3 is 14.7 Å². The van der Waals surface area contributed by atoms with Crippen LogP contribution in [0.25, 0.3) is 0 Å². The molecule has 0 atom stereocenters. The molecule has 1 amide bonds. The number of amides is 1. The molecule has 5 nitrogen and oxygen atoms in total. The van der Waals surface area contributed by atoms with Crippen LogP contribution in [-0.4, -0.2) is 41.6 Å². The van der Waals surface area contributed by atoms with E-state index >= 15 is 0 Å². The third kappa shape index (κ3) is 5.26. The van der Waals surface area contributed by atoms with E-state index < -0.39 is 11.8 Å². The zero-order chi connectivity index (χ0) is 15.0. The van der Waals surface area contributed by atoms with Crippen LogP contribution in [0.5, 0.6) is 5.75 Å². The lowest BCUT2D eigenvalue weighted by Gasteiger charge is -2.20. The van der Waals surface area contributed by atoms with Crippen LogP contribution in [-0.2, 0) is 9.59 Å². The fraction of sp³-hybridized carbons (Fsp3) is 0.429. The Balaban J connectivity index is 2.45. The zero-order valence-corrected chi connectivity index (χ0v) is 11.3. The molecule has 110 valence electrons. The fourth-order valence-electron chi connectivity index (χ4n) is 1.69. The second-order valence-electron chi connectivity index (χ2n) is 4.24. The van der Waals surface area contributed by atoms with Gasteiger partial charge in [0.25, 0.3) is 0 Å². The average molecular weight is 283 g/mol. The SMILES string of the molecule is CCCN(CC(=O)O)C(=O)CCOc1ccccc1F. The van der Waals surface area contributed by atoms with Crippen molar-refractivity contribution in [1.29, 1.82) is 0 Å². The fourth-order valence-corrected chi connectivity index (χ4v) is 1.69. The molecule has 0 bridgehead atoms. The molecule has 0 aromatic heterocycles. The Hall–Kier alpha value is -2.11. The van der Waals surface area contributed by atoms with Crippen LogP contribution >= 0.6 is 0 Å². The number of halogens is 1. The maximum atomic E-state index is 13.3. The van der Waals surface area contributed by atoms with Crippen molar-refractivity contribution >= 4 is 11.9 Å². The van der Waals surface area contributed by atoms with Gasteiger partial charge in [0.15, 0.2) is 11.6 Å². The number of benzene rings is 1. The summed E-state index contributed by atoms with van der Waals surface area (Å²) in [5.41, 5.74) is 0. The smallest absolute Gasteiger partial charge is 0.323 e. The van der Waals surface area contributed by atoms with E-state index in [9.17, 15) is 14.0 Å². The summed E-state index contributed by atoms with van der Waals surface area (Å²) in [5.74, 6) is -1.77. The van der Waals surface area contributed by atoms with Crippen LogP contribution in [0.1, 0.15) is 19.8 Å². The van der Waals surface area contributed by atoms with Crippen LogP contribution in [0.3, 0.4) is 0 Å². The molecule has 0 radical (unpaired) electrons. The van der Waals surface area contributed by atoms with Crippen molar-refractivity contribution in [2.24, 2.45) is 0 Å². The summed E-state index contributed by atoms with van der Waals surface area (Å²) < 4.78 is 18.4. The van der Waals surface area contributed by atoms with E-state index in [0.717, 1.165) is 0 Å². The van der Waals surface area contributed by atoms with Gasteiger partial charge in [-0.25, -0.2) is 4.39 Å². The largest absolute Gasteiger partial charge is 0.490 e. The first-order chi connectivity index (χ1) is 9.54. The minimum Gasteiger partial charge on any atom is -0.490 e. The number of ether oxygens (including phenoxy) is 1. The summed E-state index contributed by atoms with van der Waals surface area (Å²) in [7, 11) is 0. The Bertz CT molecular complexity index is 464. The van der Waals surface area contributed by atoms with E-state index in [1.54, 1.807) is 12.1 Å². The molecule has 6 heteroatoms. The van der Waals surface area contributed by atoms with Crippen LogP contribution < -0.4 is 4.74 Å². The number of para-hydroxylation sites is 1. The van der Waals surface area contributed by atoms with Crippen molar-refractivity contribution in [1.82, 2.24) is 4.90 Å². The van der Waals surface area contributed by atoms with Crippen molar-refractivity contribution in [2.75, 3.05) is 19.7 Å². The molecule has 1 rings (SSSR count). The standard InChI is InChI=1S/C14H18FNO4/c1-2-8-16(10-14(18)19)13(17)7-9-20-12-6-4-3-5-11(12)15/h3-6H,2,7-10H2,1H3,(H,18,19). The molecule has 1 N–H and O–H groups in total. The number of rotatable bonds is 8. The number of carboxylic acids is 1. The Labute approximate surface area is 117 Å². The van der Waals surface area contributed by atoms with Gasteiger partial charge in [-0.15, -0.1) is 0 Å². The van der Waals surface area contributed by atoms with E-state index in [2.05, 4.69) is 0 Å². The monoisotopic (exact) mass is 283 g/mol. The number of carbonyl (C=O) groups is 2. The molecule has 20 heavy (non-hydrogen) atoms. The zero-order valence-electron chi connectivity index (χ0n) is 11.3. The van der Waals surface area contributed by atoms with Gasteiger partial charge in [0.1, 0.15) is 6.54 Å². The Morgan fingerprint density at radius 2 is 2.05 bits per heavy atom. The molecule has 0 unspecified atom stereocenters. The highest BCUT2D eigenvalue weighted by molar-refractivity contribution is 5.81. The van der Waals surface area contributed by atoms with Gasteiger partial charge in [0.05, 0.1) is 13.0 Å². The number of hydrogen-bond acceptors (Lipinski definition) is 3. The Kier molecular flexibility index (Phi) is 6.49. The topological polar surface area (TPSA) is 66.8 Å². The third-order valence-corrected chi connectivity index (χ3v) is 2.58. The molecule has 1 aromatic rings. The third-order valence-electron chi connectivity index (χ3n) is 2.58. The van der Waals surface area contributed by atoms with Gasteiger partial charge in [-0.3, -0.25) is 9.59 Å². The van der Waals surface area contributed by atoms with Crippen LogP contribution in [0.2, 0.25) is 0 Å². The molecule has 0 fully saturated rings. The van der Waals surface area contributed by atoms with E-state index in [1.165, 1.54) is 17.0 Å². The summed E-state index contributed by atoms with van der Waals surface area (Å²) >= 11 is 0. The summed E-state index contributed by atoms with van der Waals surface area (Å²) in [4.78, 5) is 23.7. The van der Waals surface area contributed by atoms with E-state index in [4.69, 9.17) is 9.84 Å². The Morgan fingerprint density at radius 1 is 1.35 bits per heavy atom. The number of carbonyl (C=O) groups excluding carboxylic acids is 1. The molecule has 0 heterocycles. The summed E-state index contributed by atoms with van der Waals surface area (Å²) in [6.07, 6.45) is 0.689. The lowest BCUT2D eigenvalue weighted by atomic mass is 10.3. The van der Waals surface area contributed by atoms with Crippen molar-refractivity contribution < 1.29 is 23.8 Å². The van der Waals surface area contributed by atoms with Gasteiger partial charge >= 0.3 is 5.97 Å². The van der Waals surface area contributed by atoms with Gasteiger partial charge in [-0.2, -0.15) is 0 Å². The van der Waals surface area contributed by atoms with Gasteiger partial charge in [-0.1, -0.05) is 19.1 Å².